The summed E-state index contributed by atoms with van der Waals surface area (Å²) in [6.45, 7) is 0.453. The number of halogens is 1. The number of anilines is 1. The fraction of sp³-hybridized carbons (Fsp3) is 0.158. The summed E-state index contributed by atoms with van der Waals surface area (Å²) in [5.74, 6) is 1.36. The highest BCUT2D eigenvalue weighted by Crippen LogP contribution is 2.28. The first-order valence-electron chi connectivity index (χ1n) is 7.91. The van der Waals surface area contributed by atoms with Crippen molar-refractivity contribution in [2.45, 2.75) is 6.54 Å². The van der Waals surface area contributed by atoms with E-state index in [1.54, 1.807) is 42.3 Å². The van der Waals surface area contributed by atoms with Gasteiger partial charge < -0.3 is 14.8 Å². The summed E-state index contributed by atoms with van der Waals surface area (Å²) in [5, 5.41) is 7.77. The van der Waals surface area contributed by atoms with Crippen molar-refractivity contribution in [1.29, 1.82) is 0 Å². The van der Waals surface area contributed by atoms with Gasteiger partial charge in [-0.15, -0.1) is 0 Å². The third-order valence-corrected chi connectivity index (χ3v) is 4.25. The molecular formula is C19H18ClN3O3. The zero-order valence-corrected chi connectivity index (χ0v) is 15.2. The second kappa shape index (κ2) is 7.93. The number of ether oxygens (including phenoxy) is 2. The number of carbonyl (C=O) groups is 1. The molecule has 3 rings (SSSR count). The maximum absolute atomic E-state index is 12.6. The lowest BCUT2D eigenvalue weighted by molar-refractivity contribution is 0.102. The summed E-state index contributed by atoms with van der Waals surface area (Å²) in [7, 11) is 3.07. The van der Waals surface area contributed by atoms with Gasteiger partial charge in [0.15, 0.2) is 11.5 Å². The molecule has 0 aliphatic carbocycles. The first-order valence-corrected chi connectivity index (χ1v) is 8.28. The van der Waals surface area contributed by atoms with E-state index >= 15 is 0 Å². The number of amides is 1. The van der Waals surface area contributed by atoms with Crippen molar-refractivity contribution in [3.63, 3.8) is 0 Å². The fourth-order valence-corrected chi connectivity index (χ4v) is 2.71. The second-order valence-electron chi connectivity index (χ2n) is 5.49. The average Bonchev–Trinajstić information content (AvgIpc) is 3.09. The predicted molar refractivity (Wildman–Crippen MR) is 100 cm³/mol. The number of methoxy groups -OCH3 is 2. The number of benzene rings is 2. The van der Waals surface area contributed by atoms with E-state index in [0.717, 1.165) is 5.56 Å². The summed E-state index contributed by atoms with van der Waals surface area (Å²) >= 11 is 6.20. The lowest BCUT2D eigenvalue weighted by Crippen LogP contribution is -2.16. The molecule has 26 heavy (non-hydrogen) atoms. The van der Waals surface area contributed by atoms with Gasteiger partial charge >= 0.3 is 0 Å². The van der Waals surface area contributed by atoms with Crippen molar-refractivity contribution < 1.29 is 14.3 Å². The van der Waals surface area contributed by atoms with Gasteiger partial charge in [-0.2, -0.15) is 5.10 Å². The Morgan fingerprint density at radius 3 is 2.62 bits per heavy atom. The Bertz CT molecular complexity index is 924. The van der Waals surface area contributed by atoms with Gasteiger partial charge in [-0.25, -0.2) is 4.68 Å². The monoisotopic (exact) mass is 371 g/mol. The zero-order chi connectivity index (χ0) is 18.5. The van der Waals surface area contributed by atoms with Crippen LogP contribution < -0.4 is 14.8 Å². The van der Waals surface area contributed by atoms with E-state index in [1.165, 1.54) is 7.11 Å². The van der Waals surface area contributed by atoms with Gasteiger partial charge in [-0.1, -0.05) is 29.8 Å². The van der Waals surface area contributed by atoms with Gasteiger partial charge in [-0.05, 0) is 29.8 Å². The molecule has 134 valence electrons. The zero-order valence-electron chi connectivity index (χ0n) is 14.4. The smallest absolute Gasteiger partial charge is 0.256 e. The molecule has 0 radical (unpaired) electrons. The van der Waals surface area contributed by atoms with Crippen LogP contribution in [0.1, 0.15) is 15.9 Å². The molecule has 1 heterocycles. The lowest BCUT2D eigenvalue weighted by Gasteiger charge is -2.12. The van der Waals surface area contributed by atoms with Crippen molar-refractivity contribution in [1.82, 2.24) is 9.78 Å². The molecule has 0 aliphatic heterocycles. The number of aromatic nitrogens is 2. The molecule has 1 amide bonds. The highest BCUT2D eigenvalue weighted by molar-refractivity contribution is 6.31. The second-order valence-corrected chi connectivity index (χ2v) is 5.90. The summed E-state index contributed by atoms with van der Waals surface area (Å²) in [4.78, 5) is 12.6. The van der Waals surface area contributed by atoms with E-state index in [0.29, 0.717) is 34.4 Å². The summed E-state index contributed by atoms with van der Waals surface area (Å²) < 4.78 is 12.1. The van der Waals surface area contributed by atoms with Gasteiger partial charge in [0.05, 0.1) is 27.0 Å². The molecule has 7 heteroatoms. The minimum atomic E-state index is -0.271. The average molecular weight is 372 g/mol. The lowest BCUT2D eigenvalue weighted by atomic mass is 10.2. The molecule has 0 spiro atoms. The van der Waals surface area contributed by atoms with Gasteiger partial charge in [0.2, 0.25) is 0 Å². The van der Waals surface area contributed by atoms with E-state index in [9.17, 15) is 4.79 Å². The molecule has 3 aromatic rings. The molecule has 2 aromatic carbocycles. The van der Waals surface area contributed by atoms with Crippen LogP contribution >= 0.6 is 11.6 Å². The van der Waals surface area contributed by atoms with Gasteiger partial charge in [0, 0.05) is 16.7 Å². The van der Waals surface area contributed by atoms with E-state index in [-0.39, 0.29) is 5.91 Å². The first kappa shape index (κ1) is 17.8. The quantitative estimate of drug-likeness (QED) is 0.714. The van der Waals surface area contributed by atoms with Gasteiger partial charge in [-0.3, -0.25) is 4.79 Å². The van der Waals surface area contributed by atoms with Crippen molar-refractivity contribution >= 4 is 23.3 Å². The molecule has 0 saturated heterocycles. The molecule has 0 aliphatic rings. The Hall–Kier alpha value is -2.99. The number of nitrogens with zero attached hydrogens (tertiary/aromatic N) is 2. The van der Waals surface area contributed by atoms with Gasteiger partial charge in [0.25, 0.3) is 5.91 Å². The maximum atomic E-state index is 12.6. The van der Waals surface area contributed by atoms with Crippen LogP contribution in [0.4, 0.5) is 5.82 Å². The Kier molecular flexibility index (Phi) is 5.43. The Balaban J connectivity index is 1.79. The van der Waals surface area contributed by atoms with Crippen LogP contribution in [0, 0.1) is 0 Å². The molecular weight excluding hydrogens is 354 g/mol. The van der Waals surface area contributed by atoms with Crippen LogP contribution in [0.15, 0.2) is 54.7 Å². The van der Waals surface area contributed by atoms with Crippen LogP contribution in [-0.2, 0) is 6.54 Å². The SMILES string of the molecule is COc1ccc(C(=O)Nc2ccnn2Cc2ccccc2Cl)cc1OC. The van der Waals surface area contributed by atoms with E-state index < -0.39 is 0 Å². The minimum absolute atomic E-state index is 0.271. The van der Waals surface area contributed by atoms with Crippen LogP contribution in [0.25, 0.3) is 0 Å². The normalized spacial score (nSPS) is 10.4. The molecule has 0 bridgehead atoms. The number of carbonyl (C=O) groups excluding carboxylic acids is 1. The number of nitrogens with one attached hydrogen (secondary N) is 1. The fourth-order valence-electron chi connectivity index (χ4n) is 2.52. The van der Waals surface area contributed by atoms with Crippen LogP contribution in [-0.4, -0.2) is 29.9 Å². The van der Waals surface area contributed by atoms with E-state index in [1.807, 2.05) is 24.3 Å². The summed E-state index contributed by atoms with van der Waals surface area (Å²) in [5.41, 5.74) is 1.37. The number of rotatable bonds is 6. The van der Waals surface area contributed by atoms with Crippen molar-refractivity contribution in [3.8, 4) is 11.5 Å². The number of hydrogen-bond donors (Lipinski definition) is 1. The Labute approximate surface area is 156 Å². The van der Waals surface area contributed by atoms with Gasteiger partial charge in [0.1, 0.15) is 5.82 Å². The Morgan fingerprint density at radius 1 is 1.12 bits per heavy atom. The van der Waals surface area contributed by atoms with E-state index in [2.05, 4.69) is 10.4 Å². The molecule has 0 unspecified atom stereocenters. The minimum Gasteiger partial charge on any atom is -0.493 e. The predicted octanol–water partition coefficient (Wildman–Crippen LogP) is 3.85. The first-order chi connectivity index (χ1) is 12.6. The standard InChI is InChI=1S/C19H18ClN3O3/c1-25-16-8-7-13(11-17(16)26-2)19(24)22-18-9-10-21-23(18)12-14-5-3-4-6-15(14)20/h3-11H,12H2,1-2H3,(H,22,24). The largest absolute Gasteiger partial charge is 0.493 e. The molecule has 1 aromatic heterocycles. The summed E-state index contributed by atoms with van der Waals surface area (Å²) in [6, 6.07) is 14.2. The molecule has 1 N–H and O–H groups in total. The number of hydrogen-bond acceptors (Lipinski definition) is 4. The topological polar surface area (TPSA) is 65.4 Å². The highest BCUT2D eigenvalue weighted by Gasteiger charge is 2.13. The van der Waals surface area contributed by atoms with Crippen molar-refractivity contribution in [2.24, 2.45) is 0 Å². The Morgan fingerprint density at radius 2 is 1.88 bits per heavy atom. The highest BCUT2D eigenvalue weighted by atomic mass is 35.5. The van der Waals surface area contributed by atoms with E-state index in [4.69, 9.17) is 21.1 Å². The van der Waals surface area contributed by atoms with Crippen molar-refractivity contribution in [3.05, 3.63) is 70.9 Å². The third-order valence-electron chi connectivity index (χ3n) is 3.88. The van der Waals surface area contributed by atoms with Crippen LogP contribution in [0.3, 0.4) is 0 Å². The van der Waals surface area contributed by atoms with Crippen molar-refractivity contribution in [2.75, 3.05) is 19.5 Å². The third kappa shape index (κ3) is 3.81. The molecule has 6 nitrogen and oxygen atoms in total. The summed E-state index contributed by atoms with van der Waals surface area (Å²) in [6.07, 6.45) is 1.63. The molecule has 0 fully saturated rings. The molecule has 0 atom stereocenters. The van der Waals surface area contributed by atoms with Crippen LogP contribution in [0.2, 0.25) is 5.02 Å². The maximum Gasteiger partial charge on any atom is 0.256 e. The molecule has 0 saturated carbocycles. The van der Waals surface area contributed by atoms with Crippen LogP contribution in [0.5, 0.6) is 11.5 Å².